The van der Waals surface area contributed by atoms with Gasteiger partial charge >= 0.3 is 5.97 Å². The molecular weight excluding hydrogens is 225 g/mol. The van der Waals surface area contributed by atoms with Crippen LogP contribution in [0.4, 0.5) is 4.39 Å². The van der Waals surface area contributed by atoms with Crippen molar-refractivity contribution in [2.45, 2.75) is 25.3 Å². The predicted octanol–water partition coefficient (Wildman–Crippen LogP) is 0.704. The van der Waals surface area contributed by atoms with Gasteiger partial charge in [0.2, 0.25) is 0 Å². The second-order valence-electron chi connectivity index (χ2n) is 4.09. The fourth-order valence-electron chi connectivity index (χ4n) is 1.16. The summed E-state index contributed by atoms with van der Waals surface area (Å²) < 4.78 is 12.6. The maximum Gasteiger partial charge on any atom is 0.323 e. The van der Waals surface area contributed by atoms with Crippen LogP contribution in [0, 0.1) is 5.41 Å². The fourth-order valence-corrected chi connectivity index (χ4v) is 1.16. The van der Waals surface area contributed by atoms with E-state index in [-0.39, 0.29) is 6.42 Å². The lowest BCUT2D eigenvalue weighted by molar-refractivity contribution is -0.142. The molecule has 0 radical (unpaired) electrons. The fraction of sp³-hybridized carbons (Fsp3) is 0.636. The largest absolute Gasteiger partial charge is 0.480 e. The van der Waals surface area contributed by atoms with Crippen molar-refractivity contribution < 1.29 is 14.3 Å². The van der Waals surface area contributed by atoms with Crippen molar-refractivity contribution in [2.24, 2.45) is 5.73 Å². The van der Waals surface area contributed by atoms with E-state index in [0.717, 1.165) is 0 Å². The number of carboxylic acids is 1. The van der Waals surface area contributed by atoms with Gasteiger partial charge in [0.05, 0.1) is 0 Å². The maximum atomic E-state index is 12.6. The number of carbonyl (C=O) groups is 1. The highest BCUT2D eigenvalue weighted by atomic mass is 19.1. The summed E-state index contributed by atoms with van der Waals surface area (Å²) in [5.74, 6) is -1.06. The molecule has 0 aromatic heterocycles. The average Bonchev–Trinajstić information content (AvgIpc) is 2.26. The molecule has 0 rings (SSSR count). The standard InChI is InChI=1S/C11H20FN3O2/c1-11(14,10(16)17)4-2-3-9(7-12)8-15-6-5-13/h3,5,13,15H,2,4,6-8,14H2,1H3,(H,16,17)/b9-3-,13-5?/t11-/m0/s1. The summed E-state index contributed by atoms with van der Waals surface area (Å²) in [6, 6.07) is 0. The van der Waals surface area contributed by atoms with Gasteiger partial charge in [0.1, 0.15) is 12.2 Å². The van der Waals surface area contributed by atoms with E-state index < -0.39 is 18.2 Å². The summed E-state index contributed by atoms with van der Waals surface area (Å²) in [7, 11) is 0. The number of halogens is 1. The van der Waals surface area contributed by atoms with Gasteiger partial charge in [0.15, 0.2) is 0 Å². The molecule has 1 atom stereocenters. The lowest BCUT2D eigenvalue weighted by atomic mass is 9.97. The third-order valence-electron chi connectivity index (χ3n) is 2.36. The Kier molecular flexibility index (Phi) is 7.32. The third-order valence-corrected chi connectivity index (χ3v) is 2.36. The molecule has 5 N–H and O–H groups in total. The van der Waals surface area contributed by atoms with E-state index in [9.17, 15) is 9.18 Å². The van der Waals surface area contributed by atoms with Gasteiger partial charge in [-0.25, -0.2) is 4.39 Å². The topological polar surface area (TPSA) is 99.2 Å². The highest BCUT2D eigenvalue weighted by Gasteiger charge is 2.26. The molecule has 0 spiro atoms. The molecule has 0 bridgehead atoms. The molecule has 0 unspecified atom stereocenters. The summed E-state index contributed by atoms with van der Waals surface area (Å²) in [4.78, 5) is 10.7. The number of allylic oxidation sites excluding steroid dienone is 1. The molecule has 0 aliphatic carbocycles. The van der Waals surface area contributed by atoms with Crippen molar-refractivity contribution in [3.05, 3.63) is 11.6 Å². The highest BCUT2D eigenvalue weighted by Crippen LogP contribution is 2.10. The summed E-state index contributed by atoms with van der Waals surface area (Å²) >= 11 is 0. The molecule has 98 valence electrons. The molecule has 17 heavy (non-hydrogen) atoms. The number of nitrogens with two attached hydrogens (primary N) is 1. The maximum absolute atomic E-state index is 12.6. The van der Waals surface area contributed by atoms with E-state index in [0.29, 0.717) is 25.1 Å². The van der Waals surface area contributed by atoms with Gasteiger partial charge in [0.25, 0.3) is 0 Å². The molecule has 0 saturated heterocycles. The van der Waals surface area contributed by atoms with Crippen LogP contribution in [-0.2, 0) is 4.79 Å². The smallest absolute Gasteiger partial charge is 0.323 e. The molecule has 6 heteroatoms. The van der Waals surface area contributed by atoms with E-state index in [1.54, 1.807) is 6.08 Å². The van der Waals surface area contributed by atoms with Crippen LogP contribution in [0.5, 0.6) is 0 Å². The second-order valence-corrected chi connectivity index (χ2v) is 4.09. The highest BCUT2D eigenvalue weighted by molar-refractivity contribution is 5.77. The number of aliphatic carboxylic acids is 1. The first-order valence-corrected chi connectivity index (χ1v) is 5.40. The Balaban J connectivity index is 4.10. The van der Waals surface area contributed by atoms with E-state index in [1.807, 2.05) is 0 Å². The quantitative estimate of drug-likeness (QED) is 0.273. The number of nitrogens with one attached hydrogen (secondary N) is 2. The van der Waals surface area contributed by atoms with E-state index in [1.165, 1.54) is 13.1 Å². The second kappa shape index (κ2) is 7.92. The van der Waals surface area contributed by atoms with Gasteiger partial charge < -0.3 is 21.6 Å². The zero-order chi connectivity index (χ0) is 13.3. The first kappa shape index (κ1) is 15.7. The Labute approximate surface area is 100 Å². The van der Waals surface area contributed by atoms with E-state index in [4.69, 9.17) is 16.2 Å². The molecule has 0 heterocycles. The van der Waals surface area contributed by atoms with Crippen LogP contribution in [0.25, 0.3) is 0 Å². The normalized spacial score (nSPS) is 15.4. The lowest BCUT2D eigenvalue weighted by Gasteiger charge is -2.17. The van der Waals surface area contributed by atoms with Crippen molar-refractivity contribution in [1.82, 2.24) is 5.32 Å². The van der Waals surface area contributed by atoms with Gasteiger partial charge in [-0.2, -0.15) is 0 Å². The number of carboxylic acid groups (broad SMARTS) is 1. The van der Waals surface area contributed by atoms with Gasteiger partial charge in [-0.1, -0.05) is 6.08 Å². The minimum Gasteiger partial charge on any atom is -0.480 e. The predicted molar refractivity (Wildman–Crippen MR) is 65.2 cm³/mol. The van der Waals surface area contributed by atoms with E-state index >= 15 is 0 Å². The van der Waals surface area contributed by atoms with Crippen molar-refractivity contribution in [3.63, 3.8) is 0 Å². The van der Waals surface area contributed by atoms with Crippen molar-refractivity contribution in [1.29, 1.82) is 5.41 Å². The minimum atomic E-state index is -1.28. The molecule has 0 aromatic carbocycles. The molecular formula is C11H20FN3O2. The molecule has 5 nitrogen and oxygen atoms in total. The molecule has 0 aliphatic heterocycles. The first-order valence-electron chi connectivity index (χ1n) is 5.40. The zero-order valence-corrected chi connectivity index (χ0v) is 10.0. The van der Waals surface area contributed by atoms with Crippen molar-refractivity contribution in [3.8, 4) is 0 Å². The van der Waals surface area contributed by atoms with Gasteiger partial charge in [-0.15, -0.1) is 0 Å². The summed E-state index contributed by atoms with van der Waals surface area (Å²) in [6.45, 7) is 1.60. The molecule has 0 aliphatic rings. The molecule has 0 saturated carbocycles. The SMILES string of the molecule is C[C@](N)(CC/C=C(/CF)CNCC=N)C(=O)O. The van der Waals surface area contributed by atoms with E-state index in [2.05, 4.69) is 5.32 Å². The first-order chi connectivity index (χ1) is 7.94. The monoisotopic (exact) mass is 245 g/mol. The third kappa shape index (κ3) is 6.80. The lowest BCUT2D eigenvalue weighted by Crippen LogP contribution is -2.44. The summed E-state index contributed by atoms with van der Waals surface area (Å²) in [5.41, 5.74) is 4.81. The summed E-state index contributed by atoms with van der Waals surface area (Å²) in [6.07, 6.45) is 3.53. The van der Waals surface area contributed by atoms with Crippen LogP contribution < -0.4 is 11.1 Å². The van der Waals surface area contributed by atoms with Crippen LogP contribution in [0.3, 0.4) is 0 Å². The zero-order valence-electron chi connectivity index (χ0n) is 10.0. The average molecular weight is 245 g/mol. The Bertz CT molecular complexity index is 290. The Morgan fingerprint density at radius 1 is 1.65 bits per heavy atom. The Morgan fingerprint density at radius 2 is 2.29 bits per heavy atom. The van der Waals surface area contributed by atoms with Crippen molar-refractivity contribution in [2.75, 3.05) is 19.8 Å². The number of alkyl halides is 1. The summed E-state index contributed by atoms with van der Waals surface area (Å²) in [5, 5.41) is 18.4. The van der Waals surface area contributed by atoms with Crippen LogP contribution >= 0.6 is 0 Å². The van der Waals surface area contributed by atoms with Crippen LogP contribution in [0.15, 0.2) is 11.6 Å². The van der Waals surface area contributed by atoms with Crippen molar-refractivity contribution >= 4 is 12.2 Å². The Morgan fingerprint density at radius 3 is 2.76 bits per heavy atom. The molecule has 0 amide bonds. The van der Waals surface area contributed by atoms with Gasteiger partial charge in [-0.05, 0) is 25.3 Å². The number of rotatable bonds is 9. The van der Waals surface area contributed by atoms with Gasteiger partial charge in [-0.3, -0.25) is 4.79 Å². The number of hydrogen-bond donors (Lipinski definition) is 4. The van der Waals surface area contributed by atoms with Crippen LogP contribution in [-0.4, -0.2) is 42.6 Å². The minimum absolute atomic E-state index is 0.260. The van der Waals surface area contributed by atoms with Crippen LogP contribution in [0.1, 0.15) is 19.8 Å². The Hall–Kier alpha value is -1.27. The molecule has 0 aromatic rings. The van der Waals surface area contributed by atoms with Gasteiger partial charge in [0, 0.05) is 19.3 Å². The molecule has 0 fully saturated rings. The number of hydrogen-bond acceptors (Lipinski definition) is 4. The van der Waals surface area contributed by atoms with Crippen LogP contribution in [0.2, 0.25) is 0 Å².